The number of hydrogen-bond acceptors (Lipinski definition) is 8. The first-order valence-corrected chi connectivity index (χ1v) is 14.7. The van der Waals surface area contributed by atoms with Crippen LogP contribution >= 0.6 is 0 Å². The molecule has 1 N–H and O–H groups in total. The van der Waals surface area contributed by atoms with Crippen LogP contribution in [0.2, 0.25) is 0 Å². The summed E-state index contributed by atoms with van der Waals surface area (Å²) in [5, 5.41) is 12.5. The predicted molar refractivity (Wildman–Crippen MR) is 161 cm³/mol. The molecule has 1 aliphatic carbocycles. The maximum absolute atomic E-state index is 13.8. The number of aromatic hydroxyl groups is 1. The molecule has 0 spiro atoms. The molecule has 3 aliphatic rings. The first-order valence-electron chi connectivity index (χ1n) is 14.7. The molecule has 3 aromatic rings. The van der Waals surface area contributed by atoms with Crippen LogP contribution in [-0.2, 0) is 22.5 Å². The highest BCUT2D eigenvalue weighted by Gasteiger charge is 2.36. The van der Waals surface area contributed by atoms with Crippen LogP contribution in [0.25, 0.3) is 15.6 Å². The Labute approximate surface area is 250 Å². The van der Waals surface area contributed by atoms with Gasteiger partial charge in [-0.05, 0) is 37.6 Å². The number of ether oxygens (including phenoxy) is 2. The smallest absolute Gasteiger partial charge is 0.319 e. The first kappa shape index (κ1) is 28.7. The fraction of sp³-hybridized carbons (Fsp3) is 0.438. The summed E-state index contributed by atoms with van der Waals surface area (Å²) in [6.45, 7) is 15.1. The van der Waals surface area contributed by atoms with Gasteiger partial charge in [0.15, 0.2) is 5.83 Å². The van der Waals surface area contributed by atoms with Crippen molar-refractivity contribution in [3.05, 3.63) is 71.5 Å². The molecule has 6 rings (SSSR count). The van der Waals surface area contributed by atoms with Gasteiger partial charge in [-0.3, -0.25) is 4.79 Å². The van der Waals surface area contributed by atoms with Crippen LogP contribution in [0, 0.1) is 6.57 Å². The minimum Gasteiger partial charge on any atom is -0.508 e. The number of phenols is 1. The van der Waals surface area contributed by atoms with E-state index in [1.807, 2.05) is 31.2 Å². The summed E-state index contributed by atoms with van der Waals surface area (Å²) in [5.74, 6) is -0.900. The van der Waals surface area contributed by atoms with E-state index in [0.717, 1.165) is 40.6 Å². The molecule has 3 heterocycles. The van der Waals surface area contributed by atoms with Gasteiger partial charge in [-0.25, -0.2) is 11.0 Å². The second-order valence-corrected chi connectivity index (χ2v) is 11.4. The monoisotopic (exact) mass is 586 g/mol. The van der Waals surface area contributed by atoms with Crippen molar-refractivity contribution in [1.82, 2.24) is 14.9 Å². The quantitative estimate of drug-likeness (QED) is 0.294. The van der Waals surface area contributed by atoms with E-state index < -0.39 is 17.8 Å². The van der Waals surface area contributed by atoms with Crippen LogP contribution in [0.4, 0.5) is 15.9 Å². The van der Waals surface area contributed by atoms with E-state index >= 15 is 0 Å². The molecule has 10 nitrogen and oxygen atoms in total. The molecule has 0 radical (unpaired) electrons. The van der Waals surface area contributed by atoms with Crippen molar-refractivity contribution in [1.29, 1.82) is 0 Å². The minimum atomic E-state index is -1.03. The van der Waals surface area contributed by atoms with Crippen molar-refractivity contribution in [3.8, 4) is 11.8 Å². The standard InChI is InChI=1S/C32H35FN6O4/c1-20(19-42-25-8-9-25)43-32-35-28-18-37(29-15-24(40)14-22-6-4-5-7-26(22)29)11-10-27(28)30(36-32)38-12-13-39(31(41)21(2)33)23(17-38)16-34-3/h4-7,14-15,20,23,25,40H,2,8-13,16-19H2,1H3/t20-,23-/m0/s1. The number of rotatable bonds is 9. The molecule has 224 valence electrons. The molecular weight excluding hydrogens is 551 g/mol. The van der Waals surface area contributed by atoms with E-state index in [-0.39, 0.29) is 31.0 Å². The average Bonchev–Trinajstić information content (AvgIpc) is 3.83. The number of carbonyl (C=O) groups is 1. The summed E-state index contributed by atoms with van der Waals surface area (Å²) in [4.78, 5) is 31.4. The average molecular weight is 587 g/mol. The molecule has 0 unspecified atom stereocenters. The maximum Gasteiger partial charge on any atom is 0.319 e. The van der Waals surface area contributed by atoms with Crippen molar-refractivity contribution in [3.63, 3.8) is 0 Å². The molecule has 11 heteroatoms. The number of aromatic nitrogens is 2. The van der Waals surface area contributed by atoms with Crippen LogP contribution in [0.5, 0.6) is 11.8 Å². The molecule has 2 aromatic carbocycles. The fourth-order valence-corrected chi connectivity index (χ4v) is 5.90. The largest absolute Gasteiger partial charge is 0.508 e. The van der Waals surface area contributed by atoms with Gasteiger partial charge in [0.1, 0.15) is 23.7 Å². The number of phenolic OH excluding ortho intramolecular Hbond substituents is 1. The van der Waals surface area contributed by atoms with Gasteiger partial charge in [0.2, 0.25) is 6.54 Å². The van der Waals surface area contributed by atoms with Gasteiger partial charge in [-0.1, -0.05) is 30.8 Å². The molecule has 2 aliphatic heterocycles. The number of nitrogens with zero attached hydrogens (tertiary/aromatic N) is 6. The zero-order chi connectivity index (χ0) is 30.1. The van der Waals surface area contributed by atoms with E-state index in [9.17, 15) is 14.3 Å². The summed E-state index contributed by atoms with van der Waals surface area (Å²) in [5.41, 5.74) is 2.71. The third-order valence-corrected chi connectivity index (χ3v) is 8.16. The first-order chi connectivity index (χ1) is 20.8. The zero-order valence-electron chi connectivity index (χ0n) is 24.2. The van der Waals surface area contributed by atoms with Crippen molar-refractivity contribution in [2.45, 2.75) is 51.0 Å². The summed E-state index contributed by atoms with van der Waals surface area (Å²) in [7, 11) is 0. The van der Waals surface area contributed by atoms with E-state index in [1.165, 1.54) is 4.90 Å². The normalized spacial score (nSPS) is 19.1. The highest BCUT2D eigenvalue weighted by Crippen LogP contribution is 2.37. The Morgan fingerprint density at radius 2 is 2.02 bits per heavy atom. The molecule has 2 atom stereocenters. The Hall–Kier alpha value is -4.43. The van der Waals surface area contributed by atoms with Crippen LogP contribution in [0.15, 0.2) is 48.8 Å². The van der Waals surface area contributed by atoms with Crippen molar-refractivity contribution in [2.75, 3.05) is 49.1 Å². The van der Waals surface area contributed by atoms with Crippen LogP contribution in [0.3, 0.4) is 0 Å². The molecule has 1 saturated carbocycles. The lowest BCUT2D eigenvalue weighted by Crippen LogP contribution is -2.57. The number of amides is 1. The Morgan fingerprint density at radius 1 is 1.21 bits per heavy atom. The van der Waals surface area contributed by atoms with Crippen LogP contribution < -0.4 is 14.5 Å². The van der Waals surface area contributed by atoms with Crippen LogP contribution in [-0.4, -0.2) is 83.5 Å². The van der Waals surface area contributed by atoms with Gasteiger partial charge in [0.05, 0.1) is 24.9 Å². The Morgan fingerprint density at radius 3 is 2.79 bits per heavy atom. The number of halogens is 1. The molecule has 1 amide bonds. The number of carbonyl (C=O) groups excluding carboxylic acids is 1. The van der Waals surface area contributed by atoms with E-state index in [2.05, 4.69) is 21.2 Å². The summed E-state index contributed by atoms with van der Waals surface area (Å²) in [6.07, 6.45) is 2.82. The zero-order valence-corrected chi connectivity index (χ0v) is 24.2. The van der Waals surface area contributed by atoms with Gasteiger partial charge in [-0.15, -0.1) is 0 Å². The second kappa shape index (κ2) is 12.1. The molecule has 43 heavy (non-hydrogen) atoms. The number of hydrogen-bond donors (Lipinski definition) is 1. The lowest BCUT2D eigenvalue weighted by Gasteiger charge is -2.41. The van der Waals surface area contributed by atoms with Gasteiger partial charge in [-0.2, -0.15) is 9.97 Å². The molecular formula is C32H35FN6O4. The Balaban J connectivity index is 1.33. The summed E-state index contributed by atoms with van der Waals surface area (Å²) < 4.78 is 25.8. The number of benzene rings is 2. The third-order valence-electron chi connectivity index (χ3n) is 8.16. The van der Waals surface area contributed by atoms with Gasteiger partial charge < -0.3 is 34.1 Å². The number of anilines is 2. The molecule has 2 fully saturated rings. The summed E-state index contributed by atoms with van der Waals surface area (Å²) >= 11 is 0. The van der Waals surface area contributed by atoms with E-state index in [0.29, 0.717) is 51.1 Å². The Bertz CT molecular complexity index is 1590. The second-order valence-electron chi connectivity index (χ2n) is 11.4. The SMILES string of the molecule is [C-]#[N+]C[C@H]1CN(c2nc(O[C@@H](C)COC3CC3)nc3c2CCN(c2cc(O)cc4ccccc24)C3)CCN1C(=O)C(=C)F. The van der Waals surface area contributed by atoms with Gasteiger partial charge in [0, 0.05) is 48.9 Å². The molecule has 0 bridgehead atoms. The topological polar surface area (TPSA) is 95.6 Å². The van der Waals surface area contributed by atoms with Crippen molar-refractivity contribution >= 4 is 28.2 Å². The third kappa shape index (κ3) is 6.20. The highest BCUT2D eigenvalue weighted by molar-refractivity contribution is 5.95. The van der Waals surface area contributed by atoms with Crippen molar-refractivity contribution < 1.29 is 23.8 Å². The fourth-order valence-electron chi connectivity index (χ4n) is 5.90. The predicted octanol–water partition coefficient (Wildman–Crippen LogP) is 4.26. The molecule has 1 aromatic heterocycles. The summed E-state index contributed by atoms with van der Waals surface area (Å²) in [6, 6.07) is 11.2. The number of fused-ring (bicyclic) bond motifs is 2. The van der Waals surface area contributed by atoms with E-state index in [4.69, 9.17) is 26.0 Å². The lowest BCUT2D eigenvalue weighted by molar-refractivity contribution is -0.131. The lowest BCUT2D eigenvalue weighted by atomic mass is 10.0. The molecule has 1 saturated heterocycles. The van der Waals surface area contributed by atoms with E-state index in [1.54, 1.807) is 12.1 Å². The van der Waals surface area contributed by atoms with Gasteiger partial charge in [0.25, 0.3) is 5.91 Å². The van der Waals surface area contributed by atoms with Crippen LogP contribution in [0.1, 0.15) is 31.0 Å². The Kier molecular flexibility index (Phi) is 8.04. The minimum absolute atomic E-state index is 0.0417. The van der Waals surface area contributed by atoms with Gasteiger partial charge >= 0.3 is 6.01 Å². The number of piperazine rings is 1. The van der Waals surface area contributed by atoms with Crippen molar-refractivity contribution in [2.24, 2.45) is 0 Å². The maximum atomic E-state index is 13.8. The highest BCUT2D eigenvalue weighted by atomic mass is 19.1.